The third kappa shape index (κ3) is 6.00. The number of benzene rings is 3. The van der Waals surface area contributed by atoms with Gasteiger partial charge >= 0.3 is 0 Å². The lowest BCUT2D eigenvalue weighted by Gasteiger charge is -2.30. The second kappa shape index (κ2) is 11.6. The van der Waals surface area contributed by atoms with Crippen LogP contribution in [0.25, 0.3) is 22.3 Å². The van der Waals surface area contributed by atoms with Crippen LogP contribution in [0.1, 0.15) is 57.0 Å². The van der Waals surface area contributed by atoms with E-state index in [0.717, 1.165) is 5.56 Å². The van der Waals surface area contributed by atoms with Crippen LogP contribution in [0.2, 0.25) is 0 Å². The lowest BCUT2D eigenvalue weighted by molar-refractivity contribution is 0.337. The molecule has 6 rings (SSSR count). The summed E-state index contributed by atoms with van der Waals surface area (Å²) in [7, 11) is -3.99. The molecule has 3 heterocycles. The van der Waals surface area contributed by atoms with Crippen molar-refractivity contribution in [2.24, 2.45) is 12.5 Å². The molecule has 0 fully saturated rings. The molecular formula is C34H36F2N4O3S2. The maximum Gasteiger partial charge on any atom is 0.161 e. The molecule has 1 N–H and O–H groups in total. The SMILES string of the molecule is Cn1nc2nc1-c1cc(ccc1F)S(=O)c1c(F)cc3[nH]ccc3c1CCS(=O)(=O)CC(C)(C)CCC[C@]2(C)c1ccccc1. The number of fused-ring (bicyclic) bond motifs is 8. The van der Waals surface area contributed by atoms with Gasteiger partial charge in [-0.1, -0.05) is 50.6 Å². The fraction of sp³-hybridized carbons (Fsp3) is 0.353. The molecule has 1 aliphatic heterocycles. The van der Waals surface area contributed by atoms with Crippen molar-refractivity contribution in [2.75, 3.05) is 11.5 Å². The number of nitrogens with zero attached hydrogens (tertiary/aromatic N) is 3. The van der Waals surface area contributed by atoms with Crippen molar-refractivity contribution >= 4 is 31.5 Å². The Labute approximate surface area is 264 Å². The van der Waals surface area contributed by atoms with E-state index in [4.69, 9.17) is 10.1 Å². The van der Waals surface area contributed by atoms with Crippen LogP contribution in [0.5, 0.6) is 0 Å². The molecule has 2 aromatic heterocycles. The topological polar surface area (TPSA) is 97.7 Å². The second-order valence-electron chi connectivity index (χ2n) is 13.0. The first-order chi connectivity index (χ1) is 21.3. The first kappa shape index (κ1) is 31.3. The number of nitrogens with one attached hydrogen (secondary N) is 1. The van der Waals surface area contributed by atoms with Crippen molar-refractivity contribution in [1.29, 1.82) is 0 Å². The molecule has 1 unspecified atom stereocenters. The van der Waals surface area contributed by atoms with Gasteiger partial charge in [-0.2, -0.15) is 5.10 Å². The third-order valence-electron chi connectivity index (χ3n) is 8.92. The van der Waals surface area contributed by atoms with Gasteiger partial charge < -0.3 is 4.98 Å². The molecule has 4 bridgehead atoms. The predicted octanol–water partition coefficient (Wildman–Crippen LogP) is 6.88. The van der Waals surface area contributed by atoms with E-state index >= 15 is 8.78 Å². The Kier molecular flexibility index (Phi) is 8.06. The summed E-state index contributed by atoms with van der Waals surface area (Å²) >= 11 is 0. The van der Waals surface area contributed by atoms with Gasteiger partial charge in [-0.25, -0.2) is 31.1 Å². The molecule has 0 saturated carbocycles. The Morgan fingerprint density at radius 2 is 1.73 bits per heavy atom. The fourth-order valence-corrected chi connectivity index (χ4v) is 9.86. The molecule has 0 amide bonds. The van der Waals surface area contributed by atoms with Crippen molar-refractivity contribution in [3.63, 3.8) is 0 Å². The maximum atomic E-state index is 15.7. The molecule has 0 aliphatic carbocycles. The highest BCUT2D eigenvalue weighted by atomic mass is 32.2. The van der Waals surface area contributed by atoms with Crippen molar-refractivity contribution in [1.82, 2.24) is 19.7 Å². The van der Waals surface area contributed by atoms with Gasteiger partial charge in [0.05, 0.1) is 38.2 Å². The van der Waals surface area contributed by atoms with Gasteiger partial charge in [-0.3, -0.25) is 0 Å². The Morgan fingerprint density at radius 1 is 0.978 bits per heavy atom. The molecule has 2 atom stereocenters. The molecular weight excluding hydrogens is 615 g/mol. The van der Waals surface area contributed by atoms with E-state index in [1.54, 1.807) is 19.3 Å². The average Bonchev–Trinajstić information content (AvgIpc) is 3.61. The van der Waals surface area contributed by atoms with E-state index in [1.165, 1.54) is 28.9 Å². The lowest BCUT2D eigenvalue weighted by atomic mass is 9.75. The number of aromatic amines is 1. The highest BCUT2D eigenvalue weighted by molar-refractivity contribution is 7.91. The summed E-state index contributed by atoms with van der Waals surface area (Å²) in [4.78, 5) is 7.89. The van der Waals surface area contributed by atoms with Crippen LogP contribution in [0.15, 0.2) is 76.7 Å². The van der Waals surface area contributed by atoms with Gasteiger partial charge in [0.2, 0.25) is 0 Å². The lowest BCUT2D eigenvalue weighted by Crippen LogP contribution is -2.29. The number of halogens is 2. The number of sulfone groups is 1. The second-order valence-corrected chi connectivity index (χ2v) is 16.6. The van der Waals surface area contributed by atoms with E-state index < -0.39 is 43.1 Å². The minimum Gasteiger partial charge on any atom is -0.361 e. The van der Waals surface area contributed by atoms with Crippen molar-refractivity contribution < 1.29 is 21.4 Å². The highest BCUT2D eigenvalue weighted by Crippen LogP contribution is 2.39. The van der Waals surface area contributed by atoms with Crippen LogP contribution in [0, 0.1) is 17.0 Å². The molecule has 0 spiro atoms. The molecule has 1 aliphatic rings. The monoisotopic (exact) mass is 650 g/mol. The van der Waals surface area contributed by atoms with Crippen molar-refractivity contribution in [3.05, 3.63) is 95.4 Å². The normalized spacial score (nSPS) is 22.0. The standard InChI is InChI=1S/C34H36F2N4O3S2/c1-33(2)15-8-16-34(3,22-9-6-5-7-10-22)32-38-31(40(4)39-32)26-19-23(11-12-27(26)35)44(41)30-25(14-18-45(42,43)21-33)24-13-17-37-29(24)20-28(30)36/h5-7,9-13,17,19-20,37H,8,14-16,18,21H2,1-4H3/t34-,44?/m1/s1. The largest absolute Gasteiger partial charge is 0.361 e. The van der Waals surface area contributed by atoms with Crippen LogP contribution in [0.3, 0.4) is 0 Å². The summed E-state index contributed by atoms with van der Waals surface area (Å²) in [6, 6.07) is 16.8. The maximum absolute atomic E-state index is 15.7. The number of rotatable bonds is 1. The number of aryl methyl sites for hydroxylation is 2. The number of H-pyrrole nitrogens is 1. The molecule has 5 aromatic rings. The minimum absolute atomic E-state index is 0.0155. The highest BCUT2D eigenvalue weighted by Gasteiger charge is 2.36. The van der Waals surface area contributed by atoms with Gasteiger partial charge in [0.25, 0.3) is 0 Å². The summed E-state index contributed by atoms with van der Waals surface area (Å²) < 4.78 is 74.0. The van der Waals surface area contributed by atoms with E-state index in [0.29, 0.717) is 41.6 Å². The summed E-state index contributed by atoms with van der Waals surface area (Å²) in [5, 5.41) is 5.35. The quantitative estimate of drug-likeness (QED) is 0.213. The summed E-state index contributed by atoms with van der Waals surface area (Å²) in [6.45, 7) is 5.94. The van der Waals surface area contributed by atoms with Crippen LogP contribution < -0.4 is 0 Å². The summed E-state index contributed by atoms with van der Waals surface area (Å²) in [5.41, 5.74) is 0.724. The fourth-order valence-electron chi connectivity index (χ4n) is 6.54. The molecule has 45 heavy (non-hydrogen) atoms. The van der Waals surface area contributed by atoms with E-state index in [1.807, 2.05) is 51.1 Å². The molecule has 0 saturated heterocycles. The molecule has 0 radical (unpaired) electrons. The Morgan fingerprint density at radius 3 is 2.49 bits per heavy atom. The summed E-state index contributed by atoms with van der Waals surface area (Å²) in [5.74, 6) is -0.815. The van der Waals surface area contributed by atoms with Gasteiger partial charge in [-0.15, -0.1) is 0 Å². The predicted molar refractivity (Wildman–Crippen MR) is 172 cm³/mol. The Bertz CT molecular complexity index is 2040. The zero-order valence-corrected chi connectivity index (χ0v) is 27.4. The zero-order chi connectivity index (χ0) is 32.1. The zero-order valence-electron chi connectivity index (χ0n) is 25.7. The Balaban J connectivity index is 1.56. The smallest absolute Gasteiger partial charge is 0.161 e. The third-order valence-corrected chi connectivity index (χ3v) is 12.5. The van der Waals surface area contributed by atoms with Crippen molar-refractivity contribution in [2.45, 2.75) is 61.7 Å². The van der Waals surface area contributed by atoms with E-state index in [2.05, 4.69) is 4.98 Å². The Hall–Kier alpha value is -3.70. The average molecular weight is 651 g/mol. The first-order valence-electron chi connectivity index (χ1n) is 15.0. The molecule has 236 valence electrons. The first-order valence-corrected chi connectivity index (χ1v) is 17.9. The number of hydrogen-bond acceptors (Lipinski definition) is 5. The van der Waals surface area contributed by atoms with Gasteiger partial charge in [0.1, 0.15) is 11.6 Å². The van der Waals surface area contributed by atoms with Crippen LogP contribution in [-0.2, 0) is 39.5 Å². The van der Waals surface area contributed by atoms with Crippen molar-refractivity contribution in [3.8, 4) is 11.4 Å². The van der Waals surface area contributed by atoms with E-state index in [-0.39, 0.29) is 39.1 Å². The van der Waals surface area contributed by atoms with Crippen LogP contribution in [-0.4, -0.2) is 43.9 Å². The van der Waals surface area contributed by atoms with Gasteiger partial charge in [-0.05, 0) is 73.1 Å². The van der Waals surface area contributed by atoms with Crippen LogP contribution >= 0.6 is 0 Å². The van der Waals surface area contributed by atoms with Crippen LogP contribution in [0.4, 0.5) is 8.78 Å². The molecule has 7 nitrogen and oxygen atoms in total. The van der Waals surface area contributed by atoms with Gasteiger partial charge in [0, 0.05) is 29.0 Å². The number of hydrogen-bond donors (Lipinski definition) is 1. The van der Waals surface area contributed by atoms with E-state index in [9.17, 15) is 12.6 Å². The summed E-state index contributed by atoms with van der Waals surface area (Å²) in [6.07, 6.45) is 3.58. The molecule has 3 aromatic carbocycles. The van der Waals surface area contributed by atoms with Gasteiger partial charge in [0.15, 0.2) is 21.5 Å². The minimum atomic E-state index is -3.58. The number of aromatic nitrogens is 4. The molecule has 11 heteroatoms.